The number of hydrogen-bond acceptors (Lipinski definition) is 6. The summed E-state index contributed by atoms with van der Waals surface area (Å²) >= 11 is 0. The smallest absolute Gasteiger partial charge is 0.289 e. The molecule has 0 bridgehead atoms. The van der Waals surface area contributed by atoms with Crippen LogP contribution in [0.1, 0.15) is 5.56 Å². The molecule has 110 valence electrons. The minimum absolute atomic E-state index is 0.195. The first kappa shape index (κ1) is 13.9. The number of H-pyrrole nitrogens is 1. The fourth-order valence-electron chi connectivity index (χ4n) is 1.89. The van der Waals surface area contributed by atoms with Gasteiger partial charge in [-0.3, -0.25) is 15.4 Å². The molecule has 1 aromatic carbocycles. The molecular weight excluding hydrogens is 280 g/mol. The van der Waals surface area contributed by atoms with Crippen molar-refractivity contribution in [1.82, 2.24) is 25.4 Å². The molecule has 0 unspecified atom stereocenters. The third-order valence-electron chi connectivity index (χ3n) is 2.89. The van der Waals surface area contributed by atoms with E-state index in [0.717, 1.165) is 5.56 Å². The topological polar surface area (TPSA) is 95.6 Å². The van der Waals surface area contributed by atoms with Crippen LogP contribution in [0.15, 0.2) is 59.5 Å². The molecule has 0 spiro atoms. The Morgan fingerprint density at radius 2 is 1.82 bits per heavy atom. The van der Waals surface area contributed by atoms with Crippen molar-refractivity contribution < 1.29 is 0 Å². The van der Waals surface area contributed by atoms with Crippen LogP contribution in [0.2, 0.25) is 0 Å². The van der Waals surface area contributed by atoms with E-state index in [1.165, 1.54) is 0 Å². The van der Waals surface area contributed by atoms with Crippen LogP contribution in [0.5, 0.6) is 0 Å². The lowest BCUT2D eigenvalue weighted by molar-refractivity contribution is 0.779. The van der Waals surface area contributed by atoms with Gasteiger partial charge >= 0.3 is 5.69 Å². The Labute approximate surface area is 126 Å². The number of hydrogen-bond donors (Lipinski definition) is 3. The van der Waals surface area contributed by atoms with Gasteiger partial charge in [-0.2, -0.15) is 9.97 Å². The molecule has 0 radical (unpaired) electrons. The Hall–Kier alpha value is -3.06. The van der Waals surface area contributed by atoms with Crippen LogP contribution in [0, 0.1) is 0 Å². The van der Waals surface area contributed by atoms with Crippen molar-refractivity contribution in [1.29, 1.82) is 0 Å². The molecule has 22 heavy (non-hydrogen) atoms. The van der Waals surface area contributed by atoms with Gasteiger partial charge in [-0.15, -0.1) is 0 Å². The average molecular weight is 294 g/mol. The number of nitrogens with one attached hydrogen (secondary N) is 3. The zero-order valence-electron chi connectivity index (χ0n) is 11.7. The highest BCUT2D eigenvalue weighted by Gasteiger charge is 2.05. The lowest BCUT2D eigenvalue weighted by atomic mass is 10.2. The van der Waals surface area contributed by atoms with Gasteiger partial charge in [0.25, 0.3) is 0 Å². The average Bonchev–Trinajstić information content (AvgIpc) is 2.56. The van der Waals surface area contributed by atoms with Crippen LogP contribution in [-0.4, -0.2) is 19.9 Å². The van der Waals surface area contributed by atoms with E-state index in [0.29, 0.717) is 18.1 Å². The minimum Gasteiger partial charge on any atom is -0.289 e. The second-order valence-corrected chi connectivity index (χ2v) is 4.51. The number of pyridine rings is 1. The van der Waals surface area contributed by atoms with Crippen LogP contribution in [0.4, 0.5) is 5.95 Å². The fourth-order valence-corrected chi connectivity index (χ4v) is 1.89. The van der Waals surface area contributed by atoms with Crippen molar-refractivity contribution in [2.75, 3.05) is 5.43 Å². The summed E-state index contributed by atoms with van der Waals surface area (Å²) < 4.78 is 0. The molecule has 2 aromatic heterocycles. The summed E-state index contributed by atoms with van der Waals surface area (Å²) in [7, 11) is 0. The van der Waals surface area contributed by atoms with Gasteiger partial charge in [0.2, 0.25) is 5.95 Å². The zero-order chi connectivity index (χ0) is 15.2. The lowest BCUT2D eigenvalue weighted by Crippen LogP contribution is -2.25. The van der Waals surface area contributed by atoms with Gasteiger partial charge in [-0.25, -0.2) is 10.2 Å². The summed E-state index contributed by atoms with van der Waals surface area (Å²) in [4.78, 5) is 26.3. The first-order valence-electron chi connectivity index (χ1n) is 6.74. The maximum absolute atomic E-state index is 11.6. The highest BCUT2D eigenvalue weighted by Crippen LogP contribution is 2.09. The van der Waals surface area contributed by atoms with Crippen LogP contribution in [0.3, 0.4) is 0 Å². The highest BCUT2D eigenvalue weighted by molar-refractivity contribution is 5.49. The van der Waals surface area contributed by atoms with Crippen molar-refractivity contribution in [3.63, 3.8) is 0 Å². The Morgan fingerprint density at radius 3 is 2.59 bits per heavy atom. The molecule has 0 atom stereocenters. The molecule has 0 fully saturated rings. The number of anilines is 1. The van der Waals surface area contributed by atoms with Crippen LogP contribution >= 0.6 is 0 Å². The molecule has 3 N–H and O–H groups in total. The van der Waals surface area contributed by atoms with Crippen molar-refractivity contribution in [3.8, 4) is 11.5 Å². The van der Waals surface area contributed by atoms with Crippen molar-refractivity contribution >= 4 is 5.95 Å². The summed E-state index contributed by atoms with van der Waals surface area (Å²) in [5.41, 5.74) is 6.99. The SMILES string of the molecule is O=c1nc(NNCc2ccccc2)nc(-c2ccccn2)[nH]1. The number of nitrogens with zero attached hydrogens (tertiary/aromatic N) is 3. The summed E-state index contributed by atoms with van der Waals surface area (Å²) in [5, 5.41) is 0. The summed E-state index contributed by atoms with van der Waals surface area (Å²) in [5.74, 6) is 0.560. The maximum atomic E-state index is 11.6. The fraction of sp³-hybridized carbons (Fsp3) is 0.0667. The molecular formula is C15H14N6O. The normalized spacial score (nSPS) is 10.4. The summed E-state index contributed by atoms with van der Waals surface area (Å²) in [6.07, 6.45) is 1.64. The van der Waals surface area contributed by atoms with E-state index in [1.54, 1.807) is 18.3 Å². The first-order chi connectivity index (χ1) is 10.8. The molecule has 0 saturated heterocycles. The van der Waals surface area contributed by atoms with Gasteiger partial charge in [-0.05, 0) is 17.7 Å². The van der Waals surface area contributed by atoms with E-state index in [-0.39, 0.29) is 5.95 Å². The van der Waals surface area contributed by atoms with Gasteiger partial charge in [0.15, 0.2) is 5.82 Å². The number of benzene rings is 1. The summed E-state index contributed by atoms with van der Waals surface area (Å²) in [6.45, 7) is 0.579. The Balaban J connectivity index is 1.72. The number of rotatable bonds is 5. The largest absolute Gasteiger partial charge is 0.349 e. The monoisotopic (exact) mass is 294 g/mol. The summed E-state index contributed by atoms with van der Waals surface area (Å²) in [6, 6.07) is 15.2. The third-order valence-corrected chi connectivity index (χ3v) is 2.89. The van der Waals surface area contributed by atoms with Crippen LogP contribution < -0.4 is 16.5 Å². The van der Waals surface area contributed by atoms with E-state index in [2.05, 4.69) is 30.8 Å². The Kier molecular flexibility index (Phi) is 4.17. The van der Waals surface area contributed by atoms with E-state index in [9.17, 15) is 4.79 Å². The van der Waals surface area contributed by atoms with Crippen molar-refractivity contribution in [2.24, 2.45) is 0 Å². The lowest BCUT2D eigenvalue weighted by Gasteiger charge is -2.07. The maximum Gasteiger partial charge on any atom is 0.349 e. The molecule has 0 amide bonds. The molecule has 0 aliphatic rings. The highest BCUT2D eigenvalue weighted by atomic mass is 16.1. The van der Waals surface area contributed by atoms with E-state index in [1.807, 2.05) is 36.4 Å². The van der Waals surface area contributed by atoms with Gasteiger partial charge < -0.3 is 0 Å². The van der Waals surface area contributed by atoms with Crippen LogP contribution in [0.25, 0.3) is 11.5 Å². The molecule has 0 saturated carbocycles. The number of hydrazine groups is 1. The van der Waals surface area contributed by atoms with Crippen molar-refractivity contribution in [2.45, 2.75) is 6.54 Å². The van der Waals surface area contributed by atoms with Crippen LogP contribution in [-0.2, 0) is 6.54 Å². The third kappa shape index (κ3) is 3.53. The number of aromatic amines is 1. The molecule has 0 aliphatic heterocycles. The molecule has 0 aliphatic carbocycles. The molecule has 7 nitrogen and oxygen atoms in total. The standard InChI is InChI=1S/C15H14N6O/c22-15-19-13(12-8-4-5-9-16-12)18-14(20-15)21-17-10-11-6-2-1-3-7-11/h1-9,17H,10H2,(H2,18,19,20,21,22). The minimum atomic E-state index is -0.486. The van der Waals surface area contributed by atoms with Gasteiger partial charge in [0.05, 0.1) is 0 Å². The molecule has 7 heteroatoms. The predicted octanol–water partition coefficient (Wildman–Crippen LogP) is 1.34. The zero-order valence-corrected chi connectivity index (χ0v) is 11.7. The van der Waals surface area contributed by atoms with E-state index >= 15 is 0 Å². The second-order valence-electron chi connectivity index (χ2n) is 4.51. The van der Waals surface area contributed by atoms with E-state index in [4.69, 9.17) is 0 Å². The Bertz CT molecular complexity index is 788. The second kappa shape index (κ2) is 6.59. The van der Waals surface area contributed by atoms with Crippen molar-refractivity contribution in [3.05, 3.63) is 70.8 Å². The Morgan fingerprint density at radius 1 is 1.00 bits per heavy atom. The van der Waals surface area contributed by atoms with E-state index < -0.39 is 5.69 Å². The van der Waals surface area contributed by atoms with Gasteiger partial charge in [0, 0.05) is 12.7 Å². The first-order valence-corrected chi connectivity index (χ1v) is 6.74. The quantitative estimate of drug-likeness (QED) is 0.615. The predicted molar refractivity (Wildman–Crippen MR) is 82.8 cm³/mol. The molecule has 3 rings (SSSR count). The van der Waals surface area contributed by atoms with Gasteiger partial charge in [0.1, 0.15) is 5.69 Å². The molecule has 2 heterocycles. The molecule has 3 aromatic rings. The van der Waals surface area contributed by atoms with Gasteiger partial charge in [-0.1, -0.05) is 36.4 Å². The number of aromatic nitrogens is 4.